The summed E-state index contributed by atoms with van der Waals surface area (Å²) in [6.45, 7) is 2.18. The van der Waals surface area contributed by atoms with E-state index in [1.165, 1.54) is 0 Å². The summed E-state index contributed by atoms with van der Waals surface area (Å²) in [5, 5.41) is 22.5. The molecule has 1 aliphatic heterocycles. The lowest BCUT2D eigenvalue weighted by Crippen LogP contribution is -2.63. The van der Waals surface area contributed by atoms with Crippen molar-refractivity contribution < 1.29 is 15.0 Å². The van der Waals surface area contributed by atoms with Crippen molar-refractivity contribution >= 4 is 5.91 Å². The van der Waals surface area contributed by atoms with Gasteiger partial charge >= 0.3 is 0 Å². The van der Waals surface area contributed by atoms with Crippen molar-refractivity contribution in [3.8, 4) is 0 Å². The van der Waals surface area contributed by atoms with Gasteiger partial charge in [-0.05, 0) is 32.1 Å². The normalized spacial score (nSPS) is 25.6. The summed E-state index contributed by atoms with van der Waals surface area (Å²) in [7, 11) is 0. The lowest BCUT2D eigenvalue weighted by Gasteiger charge is -2.45. The van der Waals surface area contributed by atoms with Crippen LogP contribution in [0.4, 0.5) is 0 Å². The number of nitrogens with one attached hydrogen (secondary N) is 1. The van der Waals surface area contributed by atoms with Crippen LogP contribution in [0.5, 0.6) is 0 Å². The lowest BCUT2D eigenvalue weighted by atomic mass is 9.91. The number of rotatable bonds is 6. The van der Waals surface area contributed by atoms with Crippen LogP contribution in [0.2, 0.25) is 0 Å². The number of carbonyl (C=O) groups is 1. The Morgan fingerprint density at radius 3 is 2.50 bits per heavy atom. The number of aliphatic hydroxyl groups is 2. The lowest BCUT2D eigenvalue weighted by molar-refractivity contribution is -0.148. The third-order valence-electron chi connectivity index (χ3n) is 4.27. The van der Waals surface area contributed by atoms with Gasteiger partial charge in [0, 0.05) is 12.6 Å². The number of amides is 1. The molecule has 3 N–H and O–H groups in total. The van der Waals surface area contributed by atoms with Crippen molar-refractivity contribution in [1.29, 1.82) is 0 Å². The first-order valence-electron chi connectivity index (χ1n) is 6.96. The summed E-state index contributed by atoms with van der Waals surface area (Å²) in [6.07, 6.45) is 4.67. The molecule has 2 aliphatic rings. The van der Waals surface area contributed by atoms with Crippen LogP contribution in [-0.4, -0.2) is 58.4 Å². The molecule has 0 radical (unpaired) electrons. The molecule has 1 saturated heterocycles. The van der Waals surface area contributed by atoms with Crippen LogP contribution in [0.25, 0.3) is 0 Å². The van der Waals surface area contributed by atoms with E-state index in [9.17, 15) is 15.0 Å². The van der Waals surface area contributed by atoms with Gasteiger partial charge < -0.3 is 20.4 Å². The zero-order valence-corrected chi connectivity index (χ0v) is 11.1. The number of hydrogen-bond donors (Lipinski definition) is 3. The van der Waals surface area contributed by atoms with Crippen LogP contribution in [0, 0.1) is 0 Å². The van der Waals surface area contributed by atoms with E-state index in [-0.39, 0.29) is 25.2 Å². The fourth-order valence-corrected chi connectivity index (χ4v) is 2.67. The SMILES string of the molecule is CCC(CO)(CO)N1CCCC(NC2CC2)C1=O. The zero-order chi connectivity index (χ0) is 13.2. The first-order valence-corrected chi connectivity index (χ1v) is 6.96. The van der Waals surface area contributed by atoms with Crippen LogP contribution in [0.15, 0.2) is 0 Å². The van der Waals surface area contributed by atoms with Gasteiger partial charge in [-0.15, -0.1) is 0 Å². The van der Waals surface area contributed by atoms with Crippen molar-refractivity contribution in [3.05, 3.63) is 0 Å². The highest BCUT2D eigenvalue weighted by atomic mass is 16.3. The number of likely N-dealkylation sites (tertiary alicyclic amines) is 1. The second kappa shape index (κ2) is 5.55. The van der Waals surface area contributed by atoms with Crippen molar-refractivity contribution in [3.63, 3.8) is 0 Å². The first kappa shape index (κ1) is 13.8. The van der Waals surface area contributed by atoms with Crippen LogP contribution < -0.4 is 5.32 Å². The summed E-state index contributed by atoms with van der Waals surface area (Å²) in [5.74, 6) is 0.0399. The van der Waals surface area contributed by atoms with Gasteiger partial charge in [0.15, 0.2) is 0 Å². The molecule has 1 unspecified atom stereocenters. The third kappa shape index (κ3) is 2.53. The Labute approximate surface area is 108 Å². The summed E-state index contributed by atoms with van der Waals surface area (Å²) in [4.78, 5) is 14.1. The van der Waals surface area contributed by atoms with Gasteiger partial charge in [0.2, 0.25) is 5.91 Å². The molecule has 1 heterocycles. The molecule has 1 amide bonds. The zero-order valence-electron chi connectivity index (χ0n) is 11.1. The fourth-order valence-electron chi connectivity index (χ4n) is 2.67. The smallest absolute Gasteiger partial charge is 0.240 e. The van der Waals surface area contributed by atoms with E-state index in [2.05, 4.69) is 5.32 Å². The van der Waals surface area contributed by atoms with Gasteiger partial charge in [0.1, 0.15) is 0 Å². The molecule has 0 spiro atoms. The molecule has 2 rings (SSSR count). The molecule has 5 nitrogen and oxygen atoms in total. The Hall–Kier alpha value is -0.650. The quantitative estimate of drug-likeness (QED) is 0.618. The molecule has 104 valence electrons. The van der Waals surface area contributed by atoms with Gasteiger partial charge in [-0.1, -0.05) is 6.92 Å². The van der Waals surface area contributed by atoms with Crippen molar-refractivity contribution in [2.75, 3.05) is 19.8 Å². The second-order valence-corrected chi connectivity index (χ2v) is 5.52. The highest BCUT2D eigenvalue weighted by Crippen LogP contribution is 2.27. The third-order valence-corrected chi connectivity index (χ3v) is 4.27. The van der Waals surface area contributed by atoms with Crippen molar-refractivity contribution in [1.82, 2.24) is 10.2 Å². The Bertz CT molecular complexity index is 292. The first-order chi connectivity index (χ1) is 8.66. The summed E-state index contributed by atoms with van der Waals surface area (Å²) in [6, 6.07) is 0.369. The monoisotopic (exact) mass is 256 g/mol. The molecule has 0 bridgehead atoms. The molecule has 1 aliphatic carbocycles. The predicted octanol–water partition coefficient (Wildman–Crippen LogP) is -0.137. The van der Waals surface area contributed by atoms with E-state index in [0.717, 1.165) is 25.7 Å². The minimum Gasteiger partial charge on any atom is -0.394 e. The van der Waals surface area contributed by atoms with E-state index in [4.69, 9.17) is 0 Å². The van der Waals surface area contributed by atoms with Crippen LogP contribution in [0.1, 0.15) is 39.0 Å². The Kier molecular flexibility index (Phi) is 4.25. The van der Waals surface area contributed by atoms with Gasteiger partial charge in [-0.3, -0.25) is 4.79 Å². The molecule has 0 aromatic heterocycles. The average molecular weight is 256 g/mol. The van der Waals surface area contributed by atoms with E-state index >= 15 is 0 Å². The van der Waals surface area contributed by atoms with Crippen LogP contribution in [0.3, 0.4) is 0 Å². The van der Waals surface area contributed by atoms with Crippen molar-refractivity contribution in [2.24, 2.45) is 0 Å². The van der Waals surface area contributed by atoms with E-state index in [0.29, 0.717) is 19.0 Å². The van der Waals surface area contributed by atoms with E-state index in [1.54, 1.807) is 4.90 Å². The molecule has 0 aromatic rings. The maximum absolute atomic E-state index is 12.5. The molecule has 1 saturated carbocycles. The number of carbonyl (C=O) groups excluding carboxylic acids is 1. The number of piperidine rings is 1. The molecule has 0 aromatic carbocycles. The van der Waals surface area contributed by atoms with Crippen LogP contribution in [-0.2, 0) is 4.79 Å². The maximum atomic E-state index is 12.5. The number of nitrogens with zero attached hydrogens (tertiary/aromatic N) is 1. The molecule has 1 atom stereocenters. The van der Waals surface area contributed by atoms with Crippen LogP contribution >= 0.6 is 0 Å². The Balaban J connectivity index is 2.08. The standard InChI is InChI=1S/C13H24N2O3/c1-2-13(8-16,9-17)15-7-3-4-11(12(15)18)14-10-5-6-10/h10-11,14,16-17H,2-9H2,1H3. The fraction of sp³-hybridized carbons (Fsp3) is 0.923. The number of aliphatic hydroxyl groups excluding tert-OH is 2. The van der Waals surface area contributed by atoms with Gasteiger partial charge in [-0.2, -0.15) is 0 Å². The average Bonchev–Trinajstić information content (AvgIpc) is 3.20. The minimum atomic E-state index is -0.791. The van der Waals surface area contributed by atoms with E-state index in [1.807, 2.05) is 6.92 Å². The highest BCUT2D eigenvalue weighted by molar-refractivity contribution is 5.83. The summed E-state index contributed by atoms with van der Waals surface area (Å²) < 4.78 is 0. The summed E-state index contributed by atoms with van der Waals surface area (Å²) >= 11 is 0. The maximum Gasteiger partial charge on any atom is 0.240 e. The van der Waals surface area contributed by atoms with Gasteiger partial charge in [0.25, 0.3) is 0 Å². The second-order valence-electron chi connectivity index (χ2n) is 5.52. The summed E-state index contributed by atoms with van der Waals surface area (Å²) in [5.41, 5.74) is -0.791. The Morgan fingerprint density at radius 2 is 2.00 bits per heavy atom. The molecule has 5 heteroatoms. The number of hydrogen-bond acceptors (Lipinski definition) is 4. The minimum absolute atomic E-state index is 0.0399. The topological polar surface area (TPSA) is 72.8 Å². The van der Waals surface area contributed by atoms with Gasteiger partial charge in [-0.25, -0.2) is 0 Å². The van der Waals surface area contributed by atoms with Crippen molar-refractivity contribution in [2.45, 2.75) is 56.7 Å². The molecule has 2 fully saturated rings. The predicted molar refractivity (Wildman–Crippen MR) is 68.1 cm³/mol. The molecule has 18 heavy (non-hydrogen) atoms. The highest BCUT2D eigenvalue weighted by Gasteiger charge is 2.42. The largest absolute Gasteiger partial charge is 0.394 e. The molecular formula is C13H24N2O3. The Morgan fingerprint density at radius 1 is 1.33 bits per heavy atom. The van der Waals surface area contributed by atoms with Gasteiger partial charge in [0.05, 0.1) is 24.8 Å². The van der Waals surface area contributed by atoms with E-state index < -0.39 is 5.54 Å². The molecular weight excluding hydrogens is 232 g/mol.